The molecule has 3 N–H and O–H groups in total. The number of aliphatic carboxylic acids is 1. The van der Waals surface area contributed by atoms with Crippen LogP contribution in [0, 0.1) is 23.0 Å². The molecule has 0 atom stereocenters. The lowest BCUT2D eigenvalue weighted by Crippen LogP contribution is -2.39. The van der Waals surface area contributed by atoms with Crippen molar-refractivity contribution in [3.8, 4) is 17.2 Å². The summed E-state index contributed by atoms with van der Waals surface area (Å²) >= 11 is 6.16. The number of amides is 2. The average molecular weight is 541 g/mol. The Balaban J connectivity index is 1.66. The van der Waals surface area contributed by atoms with E-state index in [0.717, 1.165) is 17.0 Å². The Kier molecular flexibility index (Phi) is 8.05. The fourth-order valence-corrected chi connectivity index (χ4v) is 4.30. The number of carbonyl (C=O) groups excluding carboxylic acids is 1. The largest absolute Gasteiger partial charge is 0.481 e. The van der Waals surface area contributed by atoms with Crippen LogP contribution in [0.25, 0.3) is 11.1 Å². The molecular formula is C26H23ClF2N6O3. The van der Waals surface area contributed by atoms with Crippen LogP contribution in [0.15, 0.2) is 42.6 Å². The topological polar surface area (TPSA) is 122 Å². The van der Waals surface area contributed by atoms with Gasteiger partial charge in [0.2, 0.25) is 0 Å². The molecule has 1 aromatic heterocycles. The standard InChI is InChI=1S/C26H23ClF2N6O3/c1-34-25-19(10-16(27)14-33-25)18-5-4-15(13-30)9-22(18)35(26(34)38)24-20(28)11-17(12-21(24)29)32-8-7-31-6-2-3-23(36)37/h4-5,9-12,14,31-32H,2-3,6-8H2,1H3,(H,36,37). The van der Waals surface area contributed by atoms with Gasteiger partial charge in [0.1, 0.15) is 11.5 Å². The molecule has 2 heterocycles. The van der Waals surface area contributed by atoms with Crippen LogP contribution < -0.4 is 20.4 Å². The molecule has 38 heavy (non-hydrogen) atoms. The van der Waals surface area contributed by atoms with Gasteiger partial charge in [0.25, 0.3) is 0 Å². The lowest BCUT2D eigenvalue weighted by Gasteiger charge is -2.27. The summed E-state index contributed by atoms with van der Waals surface area (Å²) in [6.45, 7) is 1.26. The minimum atomic E-state index is -0.992. The number of rotatable bonds is 9. The molecule has 0 saturated carbocycles. The van der Waals surface area contributed by atoms with Crippen LogP contribution >= 0.6 is 11.6 Å². The van der Waals surface area contributed by atoms with E-state index in [-0.39, 0.29) is 29.2 Å². The van der Waals surface area contributed by atoms with E-state index >= 15 is 8.78 Å². The fourth-order valence-electron chi connectivity index (χ4n) is 4.14. The summed E-state index contributed by atoms with van der Waals surface area (Å²) in [6.07, 6.45) is 1.88. The first-order valence-corrected chi connectivity index (χ1v) is 12.0. The summed E-state index contributed by atoms with van der Waals surface area (Å²) < 4.78 is 31.0. The maximum Gasteiger partial charge on any atom is 0.334 e. The van der Waals surface area contributed by atoms with Crippen molar-refractivity contribution < 1.29 is 23.5 Å². The average Bonchev–Trinajstić information content (AvgIpc) is 2.96. The first kappa shape index (κ1) is 26.8. The second-order valence-electron chi connectivity index (χ2n) is 8.51. The van der Waals surface area contributed by atoms with Crippen LogP contribution in [-0.2, 0) is 4.79 Å². The highest BCUT2D eigenvalue weighted by Crippen LogP contribution is 2.45. The molecule has 2 aromatic carbocycles. The number of halogens is 3. The summed E-state index contributed by atoms with van der Waals surface area (Å²) in [5.74, 6) is -2.62. The van der Waals surface area contributed by atoms with Gasteiger partial charge in [-0.25, -0.2) is 18.6 Å². The lowest BCUT2D eigenvalue weighted by atomic mass is 10.0. The molecular weight excluding hydrogens is 518 g/mol. The minimum Gasteiger partial charge on any atom is -0.481 e. The maximum atomic E-state index is 15.5. The molecule has 9 nitrogen and oxygen atoms in total. The van der Waals surface area contributed by atoms with Gasteiger partial charge in [-0.1, -0.05) is 17.7 Å². The van der Waals surface area contributed by atoms with Crippen LogP contribution in [0.4, 0.5) is 36.5 Å². The maximum absolute atomic E-state index is 15.5. The van der Waals surface area contributed by atoms with E-state index in [1.54, 1.807) is 12.1 Å². The third kappa shape index (κ3) is 5.51. The SMILES string of the molecule is CN1C(=O)N(c2c(F)cc(NCCNCCCC(=O)O)cc2F)c2cc(C#N)ccc2-c2cc(Cl)cnc21. The predicted molar refractivity (Wildman–Crippen MR) is 140 cm³/mol. The van der Waals surface area contributed by atoms with Gasteiger partial charge in [-0.3, -0.25) is 14.6 Å². The van der Waals surface area contributed by atoms with E-state index in [1.165, 1.54) is 30.3 Å². The Morgan fingerprint density at radius 2 is 1.87 bits per heavy atom. The predicted octanol–water partition coefficient (Wildman–Crippen LogP) is 5.13. The number of urea groups is 1. The summed E-state index contributed by atoms with van der Waals surface area (Å²) in [4.78, 5) is 30.4. The molecule has 0 spiro atoms. The van der Waals surface area contributed by atoms with Crippen LogP contribution in [0.5, 0.6) is 0 Å². The number of carbonyl (C=O) groups is 2. The number of nitrogens with zero attached hydrogens (tertiary/aromatic N) is 4. The van der Waals surface area contributed by atoms with E-state index in [0.29, 0.717) is 42.2 Å². The monoisotopic (exact) mass is 540 g/mol. The number of carboxylic acid groups (broad SMARTS) is 1. The van der Waals surface area contributed by atoms with Gasteiger partial charge >= 0.3 is 12.0 Å². The number of hydrogen-bond donors (Lipinski definition) is 3. The lowest BCUT2D eigenvalue weighted by molar-refractivity contribution is -0.137. The van der Waals surface area contributed by atoms with Gasteiger partial charge in [-0.2, -0.15) is 5.26 Å². The molecule has 196 valence electrons. The minimum absolute atomic E-state index is 0.0515. The van der Waals surface area contributed by atoms with Gasteiger partial charge in [-0.05, 0) is 43.3 Å². The molecule has 3 aromatic rings. The first-order chi connectivity index (χ1) is 18.2. The second kappa shape index (κ2) is 11.4. The molecule has 0 unspecified atom stereocenters. The zero-order valence-electron chi connectivity index (χ0n) is 20.3. The number of hydrogen-bond acceptors (Lipinski definition) is 6. The number of benzene rings is 2. The molecule has 4 rings (SSSR count). The smallest absolute Gasteiger partial charge is 0.334 e. The summed E-state index contributed by atoms with van der Waals surface area (Å²) in [7, 11) is 1.43. The fraction of sp³-hybridized carbons (Fsp3) is 0.231. The molecule has 0 aliphatic carbocycles. The van der Waals surface area contributed by atoms with Crippen LogP contribution in [0.1, 0.15) is 18.4 Å². The molecule has 0 bridgehead atoms. The zero-order valence-corrected chi connectivity index (χ0v) is 21.0. The Morgan fingerprint density at radius 3 is 2.55 bits per heavy atom. The summed E-state index contributed by atoms with van der Waals surface area (Å²) in [5.41, 5.74) is 0.737. The number of carboxylic acids is 1. The van der Waals surface area contributed by atoms with E-state index in [4.69, 9.17) is 16.7 Å². The van der Waals surface area contributed by atoms with Crippen molar-refractivity contribution in [3.05, 3.63) is 64.8 Å². The highest BCUT2D eigenvalue weighted by Gasteiger charge is 2.35. The Labute approximate surface area is 222 Å². The van der Waals surface area contributed by atoms with Gasteiger partial charge in [-0.15, -0.1) is 0 Å². The zero-order chi connectivity index (χ0) is 27.4. The van der Waals surface area contributed by atoms with Gasteiger partial charge in [0.05, 0.1) is 22.3 Å². The van der Waals surface area contributed by atoms with E-state index in [1.807, 2.05) is 6.07 Å². The molecule has 0 fully saturated rings. The Hall–Kier alpha value is -4.27. The molecule has 1 aliphatic heterocycles. The van der Waals surface area contributed by atoms with Crippen LogP contribution in [0.2, 0.25) is 5.02 Å². The van der Waals surface area contributed by atoms with Crippen LogP contribution in [0.3, 0.4) is 0 Å². The van der Waals surface area contributed by atoms with Crippen molar-refractivity contribution in [1.82, 2.24) is 10.3 Å². The highest BCUT2D eigenvalue weighted by molar-refractivity contribution is 6.31. The summed E-state index contributed by atoms with van der Waals surface area (Å²) in [5, 5.41) is 24.4. The molecule has 2 amide bonds. The van der Waals surface area contributed by atoms with E-state index in [9.17, 15) is 14.9 Å². The number of fused-ring (bicyclic) bond motifs is 3. The van der Waals surface area contributed by atoms with E-state index in [2.05, 4.69) is 15.6 Å². The number of anilines is 4. The number of nitriles is 1. The molecule has 12 heteroatoms. The first-order valence-electron chi connectivity index (χ1n) is 11.6. The van der Waals surface area contributed by atoms with Crippen molar-refractivity contribution in [1.29, 1.82) is 5.26 Å². The van der Waals surface area contributed by atoms with Gasteiger partial charge < -0.3 is 15.7 Å². The van der Waals surface area contributed by atoms with Crippen molar-refractivity contribution in [2.45, 2.75) is 12.8 Å². The molecule has 0 radical (unpaired) electrons. The second-order valence-corrected chi connectivity index (χ2v) is 8.94. The van der Waals surface area contributed by atoms with Crippen LogP contribution in [-0.4, -0.2) is 48.8 Å². The van der Waals surface area contributed by atoms with Gasteiger partial charge in [0, 0.05) is 49.6 Å². The molecule has 0 saturated heterocycles. The Morgan fingerprint density at radius 1 is 1.13 bits per heavy atom. The number of pyridine rings is 1. The third-order valence-electron chi connectivity index (χ3n) is 5.90. The quantitative estimate of drug-likeness (QED) is 0.322. The third-order valence-corrected chi connectivity index (χ3v) is 6.11. The van der Waals surface area contributed by atoms with E-state index < -0.39 is 29.3 Å². The number of aromatic nitrogens is 1. The molecule has 1 aliphatic rings. The highest BCUT2D eigenvalue weighted by atomic mass is 35.5. The number of nitrogens with one attached hydrogen (secondary N) is 2. The van der Waals surface area contributed by atoms with Crippen molar-refractivity contribution in [3.63, 3.8) is 0 Å². The van der Waals surface area contributed by atoms with Crippen molar-refractivity contribution in [2.75, 3.05) is 41.8 Å². The van der Waals surface area contributed by atoms with Crippen molar-refractivity contribution >= 4 is 46.5 Å². The van der Waals surface area contributed by atoms with Gasteiger partial charge in [0.15, 0.2) is 11.6 Å². The van der Waals surface area contributed by atoms with Crippen molar-refractivity contribution in [2.24, 2.45) is 0 Å². The normalized spacial score (nSPS) is 12.4. The summed E-state index contributed by atoms with van der Waals surface area (Å²) in [6, 6.07) is 9.47. The Bertz CT molecular complexity index is 1420.